The molecule has 1 aliphatic heterocycles. The van der Waals surface area contributed by atoms with Gasteiger partial charge >= 0.3 is 5.76 Å². The fourth-order valence-corrected chi connectivity index (χ4v) is 4.01. The van der Waals surface area contributed by atoms with Crippen LogP contribution >= 0.6 is 23.2 Å². The van der Waals surface area contributed by atoms with Crippen LogP contribution < -0.4 is 16.4 Å². The monoisotopic (exact) mass is 476 g/mol. The molecule has 8 nitrogen and oxygen atoms in total. The van der Waals surface area contributed by atoms with E-state index in [1.165, 1.54) is 0 Å². The molecule has 2 atom stereocenters. The lowest BCUT2D eigenvalue weighted by molar-refractivity contribution is -0.120. The number of benzene rings is 2. The number of ether oxygens (including phenoxy) is 1. The standard InChI is InChI=1S/C22H22Cl2N4O4/c23-17-5-4-14(10-18(17)24)20-16(11-25-6-7-31-20)12-26-19(29)9-13-2-1-3-15(8-13)21-27-22(30)32-28-21/h1-5,8,10,16,20,25H,6-7,9,11-12H2,(H,26,29)(H,27,28,30). The lowest BCUT2D eigenvalue weighted by atomic mass is 9.95. The van der Waals surface area contributed by atoms with Crippen molar-refractivity contribution in [3.63, 3.8) is 0 Å². The molecule has 1 aliphatic rings. The van der Waals surface area contributed by atoms with E-state index in [9.17, 15) is 9.59 Å². The number of aromatic nitrogens is 2. The molecule has 0 spiro atoms. The molecule has 0 bridgehead atoms. The third-order valence-corrected chi connectivity index (χ3v) is 5.99. The highest BCUT2D eigenvalue weighted by molar-refractivity contribution is 6.42. The third kappa shape index (κ3) is 5.58. The van der Waals surface area contributed by atoms with Gasteiger partial charge in [0.05, 0.1) is 29.2 Å². The van der Waals surface area contributed by atoms with Crippen LogP contribution in [0.4, 0.5) is 0 Å². The van der Waals surface area contributed by atoms with Crippen molar-refractivity contribution in [2.24, 2.45) is 5.92 Å². The van der Waals surface area contributed by atoms with E-state index in [-0.39, 0.29) is 24.3 Å². The number of hydrogen-bond acceptors (Lipinski definition) is 6. The van der Waals surface area contributed by atoms with E-state index in [2.05, 4.69) is 25.3 Å². The number of H-pyrrole nitrogens is 1. The van der Waals surface area contributed by atoms with Gasteiger partial charge in [0.15, 0.2) is 5.82 Å². The van der Waals surface area contributed by atoms with E-state index in [4.69, 9.17) is 27.9 Å². The first-order valence-corrected chi connectivity index (χ1v) is 10.9. The van der Waals surface area contributed by atoms with Crippen molar-refractivity contribution >= 4 is 29.1 Å². The number of rotatable bonds is 6. The predicted molar refractivity (Wildman–Crippen MR) is 121 cm³/mol. The molecule has 1 saturated heterocycles. The van der Waals surface area contributed by atoms with Crippen LogP contribution in [-0.4, -0.2) is 42.3 Å². The van der Waals surface area contributed by atoms with Gasteiger partial charge in [0.2, 0.25) is 5.91 Å². The van der Waals surface area contributed by atoms with Gasteiger partial charge in [-0.1, -0.05) is 52.6 Å². The van der Waals surface area contributed by atoms with Crippen LogP contribution in [0.3, 0.4) is 0 Å². The number of carbonyl (C=O) groups excluding carboxylic acids is 1. The van der Waals surface area contributed by atoms with Crippen molar-refractivity contribution in [1.29, 1.82) is 0 Å². The van der Waals surface area contributed by atoms with Gasteiger partial charge < -0.3 is 15.4 Å². The lowest BCUT2D eigenvalue weighted by Gasteiger charge is -2.25. The molecule has 2 aromatic carbocycles. The zero-order chi connectivity index (χ0) is 22.5. The summed E-state index contributed by atoms with van der Waals surface area (Å²) in [6, 6.07) is 12.7. The fraction of sp³-hybridized carbons (Fsp3) is 0.318. The summed E-state index contributed by atoms with van der Waals surface area (Å²) in [5.74, 6) is -0.402. The largest absolute Gasteiger partial charge is 0.439 e. The molecule has 0 radical (unpaired) electrons. The molecule has 0 aliphatic carbocycles. The molecule has 0 saturated carbocycles. The van der Waals surface area contributed by atoms with Crippen LogP contribution in [0.5, 0.6) is 0 Å². The number of aromatic amines is 1. The summed E-state index contributed by atoms with van der Waals surface area (Å²) in [5, 5.41) is 11.0. The molecule has 4 rings (SSSR count). The molecule has 10 heteroatoms. The molecular weight excluding hydrogens is 455 g/mol. The van der Waals surface area contributed by atoms with Gasteiger partial charge in [-0.05, 0) is 29.3 Å². The van der Waals surface area contributed by atoms with Crippen LogP contribution in [0.25, 0.3) is 11.4 Å². The molecule has 1 fully saturated rings. The second kappa shape index (κ2) is 10.3. The van der Waals surface area contributed by atoms with E-state index in [0.29, 0.717) is 41.1 Å². The van der Waals surface area contributed by atoms with E-state index in [1.807, 2.05) is 18.2 Å². The van der Waals surface area contributed by atoms with Crippen molar-refractivity contribution in [2.45, 2.75) is 12.5 Å². The quantitative estimate of drug-likeness (QED) is 0.504. The molecule has 168 valence electrons. The Morgan fingerprint density at radius 2 is 2.06 bits per heavy atom. The van der Waals surface area contributed by atoms with E-state index in [1.54, 1.807) is 24.3 Å². The Bertz CT molecular complexity index is 1150. The van der Waals surface area contributed by atoms with Gasteiger partial charge in [-0.15, -0.1) is 0 Å². The number of amides is 1. The molecule has 2 heterocycles. The smallest absolute Gasteiger partial charge is 0.372 e. The highest BCUT2D eigenvalue weighted by Gasteiger charge is 2.27. The zero-order valence-electron chi connectivity index (χ0n) is 17.1. The number of carbonyl (C=O) groups is 1. The van der Waals surface area contributed by atoms with Crippen molar-refractivity contribution in [2.75, 3.05) is 26.2 Å². The van der Waals surface area contributed by atoms with Gasteiger partial charge in [0, 0.05) is 31.1 Å². The van der Waals surface area contributed by atoms with Crippen LogP contribution in [0, 0.1) is 5.92 Å². The number of halogens is 2. The minimum Gasteiger partial charge on any atom is -0.372 e. The van der Waals surface area contributed by atoms with Gasteiger partial charge in [-0.3, -0.25) is 14.3 Å². The summed E-state index contributed by atoms with van der Waals surface area (Å²) in [4.78, 5) is 26.3. The number of nitrogens with one attached hydrogen (secondary N) is 3. The lowest BCUT2D eigenvalue weighted by Crippen LogP contribution is -2.37. The highest BCUT2D eigenvalue weighted by Crippen LogP contribution is 2.32. The number of hydrogen-bond donors (Lipinski definition) is 3. The second-order valence-electron chi connectivity index (χ2n) is 7.55. The Kier molecular flexibility index (Phi) is 7.26. The van der Waals surface area contributed by atoms with Crippen LogP contribution in [0.15, 0.2) is 51.8 Å². The SMILES string of the molecule is O=C(Cc1cccc(-c2noc(=O)[nH]2)c1)NCC1CNCCOC1c1ccc(Cl)c(Cl)c1. The summed E-state index contributed by atoms with van der Waals surface area (Å²) < 4.78 is 10.6. The summed E-state index contributed by atoms with van der Waals surface area (Å²) in [7, 11) is 0. The summed E-state index contributed by atoms with van der Waals surface area (Å²) in [6.07, 6.45) is -0.0265. The first kappa shape index (κ1) is 22.5. The Labute approximate surface area is 194 Å². The zero-order valence-corrected chi connectivity index (χ0v) is 18.6. The maximum atomic E-state index is 12.6. The maximum Gasteiger partial charge on any atom is 0.439 e. The molecular formula is C22H22Cl2N4O4. The average molecular weight is 477 g/mol. The first-order chi connectivity index (χ1) is 15.5. The van der Waals surface area contributed by atoms with Crippen LogP contribution in [0.2, 0.25) is 10.0 Å². The average Bonchev–Trinajstić information content (AvgIpc) is 3.08. The topological polar surface area (TPSA) is 109 Å². The molecule has 3 aromatic rings. The predicted octanol–water partition coefficient (Wildman–Crippen LogP) is 2.97. The Balaban J connectivity index is 1.40. The van der Waals surface area contributed by atoms with Crippen molar-refractivity contribution in [1.82, 2.24) is 20.8 Å². The minimum absolute atomic E-state index is 0.0187. The molecule has 2 unspecified atom stereocenters. The summed E-state index contributed by atoms with van der Waals surface area (Å²) >= 11 is 12.2. The fourth-order valence-electron chi connectivity index (χ4n) is 3.70. The van der Waals surface area contributed by atoms with E-state index < -0.39 is 5.76 Å². The molecule has 1 amide bonds. The van der Waals surface area contributed by atoms with E-state index in [0.717, 1.165) is 17.7 Å². The molecule has 3 N–H and O–H groups in total. The van der Waals surface area contributed by atoms with Gasteiger partial charge in [-0.2, -0.15) is 0 Å². The Morgan fingerprint density at radius 3 is 2.84 bits per heavy atom. The van der Waals surface area contributed by atoms with Crippen molar-refractivity contribution in [3.8, 4) is 11.4 Å². The van der Waals surface area contributed by atoms with Crippen LogP contribution in [0.1, 0.15) is 17.2 Å². The second-order valence-corrected chi connectivity index (χ2v) is 8.37. The highest BCUT2D eigenvalue weighted by atomic mass is 35.5. The summed E-state index contributed by atoms with van der Waals surface area (Å²) in [6.45, 7) is 2.43. The number of nitrogens with zero attached hydrogens (tertiary/aromatic N) is 1. The Hall–Kier alpha value is -2.65. The van der Waals surface area contributed by atoms with Crippen molar-refractivity contribution < 1.29 is 14.1 Å². The first-order valence-electron chi connectivity index (χ1n) is 10.2. The van der Waals surface area contributed by atoms with Crippen LogP contribution in [-0.2, 0) is 16.0 Å². The van der Waals surface area contributed by atoms with Gasteiger partial charge in [0.25, 0.3) is 0 Å². The van der Waals surface area contributed by atoms with Gasteiger partial charge in [-0.25, -0.2) is 4.79 Å². The summed E-state index contributed by atoms with van der Waals surface area (Å²) in [5.41, 5.74) is 2.39. The molecule has 32 heavy (non-hydrogen) atoms. The van der Waals surface area contributed by atoms with Gasteiger partial charge in [0.1, 0.15) is 0 Å². The third-order valence-electron chi connectivity index (χ3n) is 5.25. The van der Waals surface area contributed by atoms with E-state index >= 15 is 0 Å². The van der Waals surface area contributed by atoms with Crippen molar-refractivity contribution in [3.05, 3.63) is 74.2 Å². The maximum absolute atomic E-state index is 12.6. The Morgan fingerprint density at radius 1 is 1.19 bits per heavy atom. The molecule has 1 aromatic heterocycles. The minimum atomic E-state index is -0.626. The normalized spacial score (nSPS) is 18.8.